The minimum absolute atomic E-state index is 0.125. The van der Waals surface area contributed by atoms with Crippen LogP contribution in [0, 0.1) is 13.8 Å². The van der Waals surface area contributed by atoms with E-state index in [0.29, 0.717) is 15.2 Å². The highest BCUT2D eigenvalue weighted by atomic mass is 32.2. The average Bonchev–Trinajstić information content (AvgIpc) is 3.15. The summed E-state index contributed by atoms with van der Waals surface area (Å²) in [5.74, 6) is -0.249. The molecule has 2 aromatic carbocycles. The molecule has 11 heteroatoms. The van der Waals surface area contributed by atoms with Crippen molar-refractivity contribution in [1.82, 2.24) is 14.5 Å². The fourth-order valence-electron chi connectivity index (χ4n) is 2.70. The van der Waals surface area contributed by atoms with Crippen molar-refractivity contribution in [3.8, 4) is 0 Å². The first-order chi connectivity index (χ1) is 15.1. The van der Waals surface area contributed by atoms with Gasteiger partial charge in [0.15, 0.2) is 4.34 Å². The second-order valence-corrected chi connectivity index (χ2v) is 12.1. The predicted octanol–water partition coefficient (Wildman–Crippen LogP) is 4.27. The summed E-state index contributed by atoms with van der Waals surface area (Å²) >= 11 is 2.65. The maximum Gasteiger partial charge on any atom is 0.242 e. The smallest absolute Gasteiger partial charge is 0.242 e. The van der Waals surface area contributed by atoms with Gasteiger partial charge in [0.2, 0.25) is 21.1 Å². The summed E-state index contributed by atoms with van der Waals surface area (Å²) in [5.41, 5.74) is 3.29. The van der Waals surface area contributed by atoms with E-state index in [1.54, 1.807) is 13.0 Å². The summed E-state index contributed by atoms with van der Waals surface area (Å²) in [6, 6.07) is 12.6. The summed E-state index contributed by atoms with van der Waals surface area (Å²) in [7, 11) is -0.656. The van der Waals surface area contributed by atoms with Gasteiger partial charge in [-0.05, 0) is 56.2 Å². The standard InChI is InChI=1S/C21H25N5O3S3/c1-13-7-6-8-16(11-13)22-20-24-25-21(31-20)30-15(3)19(27)23-18-12-17(10-9-14(18)2)32(28,29)26(4)5/h6-12,15H,1-5H3,(H,22,24)(H,23,27). The van der Waals surface area contributed by atoms with Gasteiger partial charge in [-0.1, -0.05) is 41.3 Å². The molecule has 0 aliphatic carbocycles. The van der Waals surface area contributed by atoms with Crippen LogP contribution in [0.15, 0.2) is 51.7 Å². The molecule has 0 spiro atoms. The second-order valence-electron chi connectivity index (χ2n) is 7.38. The van der Waals surface area contributed by atoms with Crippen LogP contribution in [0.4, 0.5) is 16.5 Å². The summed E-state index contributed by atoms with van der Waals surface area (Å²) in [5, 5.41) is 14.5. The number of aryl methyl sites for hydroxylation is 2. The van der Waals surface area contributed by atoms with Crippen LogP contribution in [0.25, 0.3) is 0 Å². The first-order valence-corrected chi connectivity index (χ1v) is 12.9. The van der Waals surface area contributed by atoms with Crippen LogP contribution in [-0.2, 0) is 14.8 Å². The lowest BCUT2D eigenvalue weighted by Gasteiger charge is -2.15. The van der Waals surface area contributed by atoms with Crippen LogP contribution in [0.5, 0.6) is 0 Å². The number of hydrogen-bond acceptors (Lipinski definition) is 8. The number of thioether (sulfide) groups is 1. The number of carbonyl (C=O) groups is 1. The maximum atomic E-state index is 12.7. The molecule has 0 aliphatic heterocycles. The SMILES string of the molecule is Cc1cccc(Nc2nnc(SC(C)C(=O)Nc3cc(S(=O)(=O)N(C)C)ccc3C)s2)c1. The molecule has 0 radical (unpaired) electrons. The Hall–Kier alpha value is -2.47. The lowest BCUT2D eigenvalue weighted by atomic mass is 10.2. The Morgan fingerprint density at radius 2 is 1.88 bits per heavy atom. The van der Waals surface area contributed by atoms with Gasteiger partial charge < -0.3 is 10.6 Å². The molecular weight excluding hydrogens is 466 g/mol. The Kier molecular flexibility index (Phi) is 7.55. The molecule has 1 unspecified atom stereocenters. The first kappa shape index (κ1) is 24.2. The summed E-state index contributed by atoms with van der Waals surface area (Å²) < 4.78 is 26.6. The second kappa shape index (κ2) is 9.99. The molecule has 32 heavy (non-hydrogen) atoms. The topological polar surface area (TPSA) is 104 Å². The van der Waals surface area contributed by atoms with Crippen LogP contribution < -0.4 is 10.6 Å². The van der Waals surface area contributed by atoms with Crippen LogP contribution in [0.3, 0.4) is 0 Å². The third-order valence-electron chi connectivity index (χ3n) is 4.57. The number of anilines is 3. The van der Waals surface area contributed by atoms with Gasteiger partial charge in [0.1, 0.15) is 0 Å². The molecule has 0 aliphatic rings. The molecule has 8 nitrogen and oxygen atoms in total. The van der Waals surface area contributed by atoms with Crippen molar-refractivity contribution in [3.05, 3.63) is 53.6 Å². The molecule has 1 heterocycles. The van der Waals surface area contributed by atoms with Crippen LogP contribution in [-0.4, -0.2) is 48.2 Å². The molecule has 0 saturated heterocycles. The summed E-state index contributed by atoms with van der Waals surface area (Å²) in [6.45, 7) is 5.60. The molecule has 1 amide bonds. The minimum Gasteiger partial charge on any atom is -0.330 e. The predicted molar refractivity (Wildman–Crippen MR) is 130 cm³/mol. The van der Waals surface area contributed by atoms with Crippen molar-refractivity contribution in [3.63, 3.8) is 0 Å². The Morgan fingerprint density at radius 1 is 1.12 bits per heavy atom. The van der Waals surface area contributed by atoms with Crippen LogP contribution in [0.1, 0.15) is 18.1 Å². The molecule has 3 rings (SSSR count). The van der Waals surface area contributed by atoms with Crippen molar-refractivity contribution in [1.29, 1.82) is 0 Å². The molecule has 1 aromatic heterocycles. The summed E-state index contributed by atoms with van der Waals surface area (Å²) in [4.78, 5) is 12.9. The molecule has 0 saturated carbocycles. The number of amides is 1. The van der Waals surface area contributed by atoms with Crippen molar-refractivity contribution >= 4 is 55.5 Å². The van der Waals surface area contributed by atoms with E-state index in [4.69, 9.17) is 0 Å². The van der Waals surface area contributed by atoms with Crippen molar-refractivity contribution in [2.45, 2.75) is 35.3 Å². The number of benzene rings is 2. The van der Waals surface area contributed by atoms with E-state index in [9.17, 15) is 13.2 Å². The fraction of sp³-hybridized carbons (Fsp3) is 0.286. The monoisotopic (exact) mass is 491 g/mol. The third kappa shape index (κ3) is 5.85. The zero-order chi connectivity index (χ0) is 23.5. The summed E-state index contributed by atoms with van der Waals surface area (Å²) in [6.07, 6.45) is 0. The highest BCUT2D eigenvalue weighted by molar-refractivity contribution is 8.02. The van der Waals surface area contributed by atoms with E-state index in [0.717, 1.165) is 21.1 Å². The fourth-order valence-corrected chi connectivity index (χ4v) is 5.55. The van der Waals surface area contributed by atoms with Crippen molar-refractivity contribution < 1.29 is 13.2 Å². The van der Waals surface area contributed by atoms with Gasteiger partial charge in [0.05, 0.1) is 10.1 Å². The molecule has 1 atom stereocenters. The van der Waals surface area contributed by atoms with E-state index in [2.05, 4.69) is 20.8 Å². The first-order valence-electron chi connectivity index (χ1n) is 9.74. The maximum absolute atomic E-state index is 12.7. The van der Waals surface area contributed by atoms with Crippen LogP contribution in [0.2, 0.25) is 0 Å². The van der Waals surface area contributed by atoms with Gasteiger partial charge in [-0.25, -0.2) is 12.7 Å². The number of nitrogens with zero attached hydrogens (tertiary/aromatic N) is 3. The largest absolute Gasteiger partial charge is 0.330 e. The van der Waals surface area contributed by atoms with E-state index in [1.165, 1.54) is 49.3 Å². The molecule has 2 N–H and O–H groups in total. The van der Waals surface area contributed by atoms with Gasteiger partial charge in [0, 0.05) is 25.5 Å². The number of rotatable bonds is 8. The highest BCUT2D eigenvalue weighted by Crippen LogP contribution is 2.31. The van der Waals surface area contributed by atoms with Crippen molar-refractivity contribution in [2.75, 3.05) is 24.7 Å². The number of hydrogen-bond donors (Lipinski definition) is 2. The number of aromatic nitrogens is 2. The normalized spacial score (nSPS) is 12.6. The molecule has 3 aromatic rings. The quantitative estimate of drug-likeness (QED) is 0.454. The van der Waals surface area contributed by atoms with Gasteiger partial charge in [-0.3, -0.25) is 4.79 Å². The molecule has 0 fully saturated rings. The van der Waals surface area contributed by atoms with Crippen LogP contribution >= 0.6 is 23.1 Å². The van der Waals surface area contributed by atoms with Crippen molar-refractivity contribution in [2.24, 2.45) is 0 Å². The van der Waals surface area contributed by atoms with Gasteiger partial charge in [-0.15, -0.1) is 10.2 Å². The molecule has 0 bridgehead atoms. The lowest BCUT2D eigenvalue weighted by molar-refractivity contribution is -0.115. The molecular formula is C21H25N5O3S3. The zero-order valence-electron chi connectivity index (χ0n) is 18.4. The Balaban J connectivity index is 1.66. The van der Waals surface area contributed by atoms with E-state index < -0.39 is 15.3 Å². The number of carbonyl (C=O) groups excluding carboxylic acids is 1. The highest BCUT2D eigenvalue weighted by Gasteiger charge is 2.21. The molecule has 170 valence electrons. The minimum atomic E-state index is -3.59. The Labute approximate surface area is 196 Å². The van der Waals surface area contributed by atoms with Gasteiger partial charge >= 0.3 is 0 Å². The third-order valence-corrected chi connectivity index (χ3v) is 8.40. The van der Waals surface area contributed by atoms with E-state index in [-0.39, 0.29) is 10.8 Å². The van der Waals surface area contributed by atoms with Gasteiger partial charge in [-0.2, -0.15) is 0 Å². The number of nitrogens with one attached hydrogen (secondary N) is 2. The Morgan fingerprint density at radius 3 is 2.56 bits per heavy atom. The average molecular weight is 492 g/mol. The van der Waals surface area contributed by atoms with Gasteiger partial charge in [0.25, 0.3) is 0 Å². The van der Waals surface area contributed by atoms with E-state index >= 15 is 0 Å². The zero-order valence-corrected chi connectivity index (χ0v) is 20.9. The lowest BCUT2D eigenvalue weighted by Crippen LogP contribution is -2.24. The Bertz CT molecular complexity index is 1220. The number of sulfonamides is 1. The van der Waals surface area contributed by atoms with E-state index in [1.807, 2.05) is 38.1 Å².